The number of hydrogen-bond acceptors (Lipinski definition) is 4. The molecule has 0 aromatic heterocycles. The SMILES string of the molecule is CCCOc1ccc(/C=C/C(=O)Nc2ccc(C(=O)NCC(=O)O)cc2)cc1. The van der Waals surface area contributed by atoms with E-state index in [0.717, 1.165) is 17.7 Å². The molecule has 2 rings (SSSR count). The molecule has 146 valence electrons. The van der Waals surface area contributed by atoms with Crippen LogP contribution in [0.4, 0.5) is 5.69 Å². The zero-order chi connectivity index (χ0) is 20.4. The highest BCUT2D eigenvalue weighted by Crippen LogP contribution is 2.14. The fraction of sp³-hybridized carbons (Fsp3) is 0.190. The van der Waals surface area contributed by atoms with Gasteiger partial charge in [0.1, 0.15) is 12.3 Å². The van der Waals surface area contributed by atoms with Crippen molar-refractivity contribution in [1.29, 1.82) is 0 Å². The maximum atomic E-state index is 12.0. The largest absolute Gasteiger partial charge is 0.494 e. The molecule has 0 unspecified atom stereocenters. The van der Waals surface area contributed by atoms with E-state index in [0.29, 0.717) is 17.9 Å². The molecule has 3 N–H and O–H groups in total. The summed E-state index contributed by atoms with van der Waals surface area (Å²) in [5.41, 5.74) is 1.69. The molecule has 0 saturated carbocycles. The zero-order valence-electron chi connectivity index (χ0n) is 15.5. The number of hydrogen-bond donors (Lipinski definition) is 3. The number of nitrogens with one attached hydrogen (secondary N) is 2. The number of carboxylic acids is 1. The molecule has 0 radical (unpaired) electrons. The second kappa shape index (κ2) is 10.5. The molecular formula is C21H22N2O5. The van der Waals surface area contributed by atoms with E-state index in [1.165, 1.54) is 18.2 Å². The van der Waals surface area contributed by atoms with Gasteiger partial charge in [-0.1, -0.05) is 19.1 Å². The Kier molecular flexibility index (Phi) is 7.77. The van der Waals surface area contributed by atoms with Gasteiger partial charge in [0, 0.05) is 17.3 Å². The molecule has 0 aliphatic heterocycles. The lowest BCUT2D eigenvalue weighted by Crippen LogP contribution is -2.29. The van der Waals surface area contributed by atoms with E-state index in [9.17, 15) is 14.4 Å². The molecule has 0 aliphatic carbocycles. The summed E-state index contributed by atoms with van der Waals surface area (Å²) in [6.07, 6.45) is 4.04. The number of amides is 2. The van der Waals surface area contributed by atoms with Crippen molar-refractivity contribution in [2.45, 2.75) is 13.3 Å². The topological polar surface area (TPSA) is 105 Å². The summed E-state index contributed by atoms with van der Waals surface area (Å²) in [5.74, 6) is -1.14. The quantitative estimate of drug-likeness (QED) is 0.579. The van der Waals surface area contributed by atoms with Crippen LogP contribution in [0.2, 0.25) is 0 Å². The third-order valence-electron chi connectivity index (χ3n) is 3.59. The smallest absolute Gasteiger partial charge is 0.322 e. The summed E-state index contributed by atoms with van der Waals surface area (Å²) in [6, 6.07) is 13.6. The third kappa shape index (κ3) is 6.95. The summed E-state index contributed by atoms with van der Waals surface area (Å²) in [5, 5.41) is 13.5. The highest BCUT2D eigenvalue weighted by atomic mass is 16.5. The number of ether oxygens (including phenoxy) is 1. The predicted molar refractivity (Wildman–Crippen MR) is 106 cm³/mol. The van der Waals surface area contributed by atoms with Crippen LogP contribution < -0.4 is 15.4 Å². The lowest BCUT2D eigenvalue weighted by atomic mass is 10.2. The maximum Gasteiger partial charge on any atom is 0.322 e. The Morgan fingerprint density at radius 2 is 1.71 bits per heavy atom. The molecule has 0 atom stereocenters. The van der Waals surface area contributed by atoms with Gasteiger partial charge < -0.3 is 20.5 Å². The highest BCUT2D eigenvalue weighted by molar-refractivity contribution is 6.02. The standard InChI is InChI=1S/C21H22N2O5/c1-2-13-28-18-10-3-15(4-11-18)5-12-19(24)23-17-8-6-16(7-9-17)21(27)22-14-20(25)26/h3-12H,2,13-14H2,1H3,(H,22,27)(H,23,24)(H,25,26)/b12-5+. The van der Waals surface area contributed by atoms with Gasteiger partial charge >= 0.3 is 5.97 Å². The van der Waals surface area contributed by atoms with Crippen molar-refractivity contribution < 1.29 is 24.2 Å². The number of carbonyl (C=O) groups is 3. The van der Waals surface area contributed by atoms with E-state index < -0.39 is 18.4 Å². The molecule has 0 aliphatic rings. The van der Waals surface area contributed by atoms with Crippen LogP contribution in [0.1, 0.15) is 29.3 Å². The summed E-state index contributed by atoms with van der Waals surface area (Å²) in [4.78, 5) is 34.2. The van der Waals surface area contributed by atoms with Gasteiger partial charge in [0.05, 0.1) is 6.61 Å². The molecule has 2 aromatic rings. The second-order valence-corrected chi connectivity index (χ2v) is 5.89. The van der Waals surface area contributed by atoms with Crippen molar-refractivity contribution in [1.82, 2.24) is 5.32 Å². The molecule has 0 spiro atoms. The van der Waals surface area contributed by atoms with Gasteiger partial charge in [0.15, 0.2) is 0 Å². The van der Waals surface area contributed by atoms with Gasteiger partial charge in [-0.25, -0.2) is 0 Å². The lowest BCUT2D eigenvalue weighted by Gasteiger charge is -2.05. The van der Waals surface area contributed by atoms with E-state index in [1.54, 1.807) is 18.2 Å². The predicted octanol–water partition coefficient (Wildman–Crippen LogP) is 2.94. The molecule has 28 heavy (non-hydrogen) atoms. The number of benzene rings is 2. The van der Waals surface area contributed by atoms with Crippen molar-refractivity contribution in [3.8, 4) is 5.75 Å². The van der Waals surface area contributed by atoms with Crippen molar-refractivity contribution in [3.05, 3.63) is 65.7 Å². The average Bonchev–Trinajstić information content (AvgIpc) is 2.70. The number of aliphatic carboxylic acids is 1. The van der Waals surface area contributed by atoms with E-state index in [4.69, 9.17) is 9.84 Å². The molecule has 0 fully saturated rings. The van der Waals surface area contributed by atoms with Crippen molar-refractivity contribution in [2.75, 3.05) is 18.5 Å². The summed E-state index contributed by atoms with van der Waals surface area (Å²) in [7, 11) is 0. The van der Waals surface area contributed by atoms with Crippen LogP contribution in [0.25, 0.3) is 6.08 Å². The first-order chi connectivity index (χ1) is 13.5. The molecular weight excluding hydrogens is 360 g/mol. The summed E-state index contributed by atoms with van der Waals surface area (Å²) >= 11 is 0. The first-order valence-corrected chi connectivity index (χ1v) is 8.80. The molecule has 7 nitrogen and oxygen atoms in total. The Labute approximate surface area is 163 Å². The minimum absolute atomic E-state index is 0.306. The number of carbonyl (C=O) groups excluding carboxylic acids is 2. The van der Waals surface area contributed by atoms with Gasteiger partial charge in [-0.2, -0.15) is 0 Å². The van der Waals surface area contributed by atoms with Crippen molar-refractivity contribution in [3.63, 3.8) is 0 Å². The van der Waals surface area contributed by atoms with Crippen LogP contribution >= 0.6 is 0 Å². The van der Waals surface area contributed by atoms with E-state index in [2.05, 4.69) is 10.6 Å². The first-order valence-electron chi connectivity index (χ1n) is 8.80. The average molecular weight is 382 g/mol. The van der Waals surface area contributed by atoms with Crippen LogP contribution in [0.5, 0.6) is 5.75 Å². The van der Waals surface area contributed by atoms with Crippen LogP contribution in [0.15, 0.2) is 54.6 Å². The normalized spacial score (nSPS) is 10.5. The summed E-state index contributed by atoms with van der Waals surface area (Å²) in [6.45, 7) is 2.25. The minimum Gasteiger partial charge on any atom is -0.494 e. The number of anilines is 1. The Balaban J connectivity index is 1.87. The Morgan fingerprint density at radius 3 is 2.32 bits per heavy atom. The number of rotatable bonds is 9. The van der Waals surface area contributed by atoms with Gasteiger partial charge in [-0.3, -0.25) is 14.4 Å². The molecule has 2 aromatic carbocycles. The minimum atomic E-state index is -1.12. The van der Waals surface area contributed by atoms with E-state index in [1.807, 2.05) is 31.2 Å². The Bertz CT molecular complexity index is 842. The third-order valence-corrected chi connectivity index (χ3v) is 3.59. The monoisotopic (exact) mass is 382 g/mol. The van der Waals surface area contributed by atoms with E-state index in [-0.39, 0.29) is 5.91 Å². The maximum absolute atomic E-state index is 12.0. The van der Waals surface area contributed by atoms with Crippen molar-refractivity contribution >= 4 is 29.5 Å². The molecule has 2 amide bonds. The summed E-state index contributed by atoms with van der Waals surface area (Å²) < 4.78 is 5.51. The van der Waals surface area contributed by atoms with E-state index >= 15 is 0 Å². The Hall–Kier alpha value is -3.61. The first kappa shape index (κ1) is 20.7. The zero-order valence-corrected chi connectivity index (χ0v) is 15.5. The fourth-order valence-corrected chi connectivity index (χ4v) is 2.21. The van der Waals surface area contributed by atoms with Crippen LogP contribution in [-0.2, 0) is 9.59 Å². The van der Waals surface area contributed by atoms with Gasteiger partial charge in [0.25, 0.3) is 5.91 Å². The highest BCUT2D eigenvalue weighted by Gasteiger charge is 2.07. The second-order valence-electron chi connectivity index (χ2n) is 5.89. The molecule has 0 saturated heterocycles. The van der Waals surface area contributed by atoms with Crippen LogP contribution in [-0.4, -0.2) is 36.0 Å². The molecule has 0 bridgehead atoms. The van der Waals surface area contributed by atoms with Gasteiger partial charge in [0.2, 0.25) is 5.91 Å². The molecule has 7 heteroatoms. The van der Waals surface area contributed by atoms with Crippen LogP contribution in [0.3, 0.4) is 0 Å². The van der Waals surface area contributed by atoms with Gasteiger partial charge in [-0.15, -0.1) is 0 Å². The Morgan fingerprint density at radius 1 is 1.04 bits per heavy atom. The lowest BCUT2D eigenvalue weighted by molar-refractivity contribution is -0.135. The van der Waals surface area contributed by atoms with Crippen LogP contribution in [0, 0.1) is 0 Å². The van der Waals surface area contributed by atoms with Gasteiger partial charge in [-0.05, 0) is 54.5 Å². The molecule has 0 heterocycles. The van der Waals surface area contributed by atoms with Crippen molar-refractivity contribution in [2.24, 2.45) is 0 Å². The fourth-order valence-electron chi connectivity index (χ4n) is 2.21. The number of carboxylic acid groups (broad SMARTS) is 1.